The lowest BCUT2D eigenvalue weighted by Crippen LogP contribution is -2.33. The summed E-state index contributed by atoms with van der Waals surface area (Å²) in [4.78, 5) is 13.0. The number of hydrogen-bond acceptors (Lipinski definition) is 3. The average Bonchev–Trinajstić information content (AvgIpc) is 2.74. The van der Waals surface area contributed by atoms with Crippen LogP contribution in [0.25, 0.3) is 0 Å². The average molecular weight is 205 g/mol. The summed E-state index contributed by atoms with van der Waals surface area (Å²) in [6.07, 6.45) is 3.89. The van der Waals surface area contributed by atoms with Gasteiger partial charge in [-0.2, -0.15) is 4.89 Å². The zero-order chi connectivity index (χ0) is 10.1. The normalized spacial score (nSPS) is 26.0. The van der Waals surface area contributed by atoms with E-state index in [2.05, 4.69) is 11.0 Å². The largest absolute Gasteiger partial charge is 0.335 e. The highest BCUT2D eigenvalue weighted by Crippen LogP contribution is 2.37. The van der Waals surface area contributed by atoms with Crippen molar-refractivity contribution in [1.82, 2.24) is 4.90 Å². The first kappa shape index (κ1) is 9.19. The Balaban J connectivity index is 1.83. The van der Waals surface area contributed by atoms with Crippen LogP contribution in [0.1, 0.15) is 31.1 Å². The van der Waals surface area contributed by atoms with Crippen LogP contribution in [-0.4, -0.2) is 18.0 Å². The number of hydrogen-bond donors (Lipinski definition) is 0. The van der Waals surface area contributed by atoms with Gasteiger partial charge in [0, 0.05) is 18.7 Å². The molecule has 3 nitrogen and oxygen atoms in total. The Bertz CT molecular complexity index is 347. The first-order valence-corrected chi connectivity index (χ1v) is 5.61. The van der Waals surface area contributed by atoms with Crippen LogP contribution in [0.3, 0.4) is 0 Å². The van der Waals surface area contributed by atoms with Crippen LogP contribution in [0.15, 0.2) is 24.3 Å². The molecule has 1 fully saturated rings. The van der Waals surface area contributed by atoms with Crippen molar-refractivity contribution >= 4 is 0 Å². The molecule has 1 aromatic rings. The minimum atomic E-state index is 0.0153. The van der Waals surface area contributed by atoms with E-state index < -0.39 is 0 Å². The minimum Gasteiger partial charge on any atom is -0.335 e. The van der Waals surface area contributed by atoms with E-state index in [4.69, 9.17) is 9.78 Å². The zero-order valence-corrected chi connectivity index (χ0v) is 8.69. The Morgan fingerprint density at radius 3 is 2.73 bits per heavy atom. The van der Waals surface area contributed by atoms with Crippen molar-refractivity contribution in [2.24, 2.45) is 0 Å². The van der Waals surface area contributed by atoms with Gasteiger partial charge in [0.15, 0.2) is 12.0 Å². The summed E-state index contributed by atoms with van der Waals surface area (Å²) in [5.41, 5.74) is 1.17. The fourth-order valence-electron chi connectivity index (χ4n) is 2.32. The van der Waals surface area contributed by atoms with Gasteiger partial charge in [0.2, 0.25) is 0 Å². The maximum absolute atomic E-state index is 5.39. The molecule has 0 amide bonds. The molecule has 1 atom stereocenters. The number of para-hydroxylation sites is 1. The summed E-state index contributed by atoms with van der Waals surface area (Å²) in [5.74, 6) is 0.869. The minimum absolute atomic E-state index is 0.0153. The van der Waals surface area contributed by atoms with Crippen molar-refractivity contribution in [3.63, 3.8) is 0 Å². The van der Waals surface area contributed by atoms with E-state index in [1.54, 1.807) is 0 Å². The van der Waals surface area contributed by atoms with E-state index in [0.29, 0.717) is 0 Å². The number of nitrogens with zero attached hydrogens (tertiary/aromatic N) is 1. The predicted octanol–water partition coefficient (Wildman–Crippen LogP) is 2.50. The summed E-state index contributed by atoms with van der Waals surface area (Å²) < 4.78 is 0. The van der Waals surface area contributed by atoms with E-state index in [0.717, 1.165) is 18.8 Å². The van der Waals surface area contributed by atoms with Gasteiger partial charge in [0.1, 0.15) is 0 Å². The highest BCUT2D eigenvalue weighted by molar-refractivity contribution is 5.36. The summed E-state index contributed by atoms with van der Waals surface area (Å²) in [6.45, 7) is 2.23. The molecular formula is C12H15NO2. The van der Waals surface area contributed by atoms with Crippen molar-refractivity contribution < 1.29 is 9.78 Å². The molecule has 1 saturated heterocycles. The molecule has 0 radical (unpaired) electrons. The molecule has 2 heterocycles. The van der Waals surface area contributed by atoms with E-state index in [1.165, 1.54) is 24.8 Å². The Kier molecular flexibility index (Phi) is 2.35. The van der Waals surface area contributed by atoms with Crippen molar-refractivity contribution in [3.05, 3.63) is 29.8 Å². The third-order valence-corrected chi connectivity index (χ3v) is 3.14. The molecule has 0 aliphatic carbocycles. The molecule has 0 saturated carbocycles. The van der Waals surface area contributed by atoms with Gasteiger partial charge in [-0.3, -0.25) is 4.90 Å². The van der Waals surface area contributed by atoms with Crippen LogP contribution < -0.4 is 4.89 Å². The Labute approximate surface area is 89.5 Å². The van der Waals surface area contributed by atoms with E-state index in [-0.39, 0.29) is 6.23 Å². The molecule has 2 aliphatic heterocycles. The summed E-state index contributed by atoms with van der Waals surface area (Å²) in [5, 5.41) is 0. The molecule has 0 bridgehead atoms. The molecule has 1 aromatic carbocycles. The third-order valence-electron chi connectivity index (χ3n) is 3.14. The summed E-state index contributed by atoms with van der Waals surface area (Å²) in [6, 6.07) is 8.05. The Morgan fingerprint density at radius 1 is 1.07 bits per heavy atom. The molecule has 3 heteroatoms. The highest BCUT2D eigenvalue weighted by atomic mass is 17.2. The second kappa shape index (κ2) is 3.83. The van der Waals surface area contributed by atoms with E-state index in [9.17, 15) is 0 Å². The lowest BCUT2D eigenvalue weighted by molar-refractivity contribution is -0.264. The van der Waals surface area contributed by atoms with Gasteiger partial charge in [0.05, 0.1) is 0 Å². The van der Waals surface area contributed by atoms with Crippen molar-refractivity contribution in [2.75, 3.05) is 13.1 Å². The van der Waals surface area contributed by atoms with Gasteiger partial charge in [-0.25, -0.2) is 0 Å². The van der Waals surface area contributed by atoms with Crippen LogP contribution >= 0.6 is 0 Å². The van der Waals surface area contributed by atoms with Crippen LogP contribution in [0.2, 0.25) is 0 Å². The van der Waals surface area contributed by atoms with Gasteiger partial charge in [-0.15, -0.1) is 0 Å². The van der Waals surface area contributed by atoms with Crippen molar-refractivity contribution in [1.29, 1.82) is 0 Å². The standard InChI is InChI=1S/C12H15NO2/c1-4-8-13(9-5-1)12-10-6-2-3-7-11(10)14-15-12/h2-3,6-7,12H,1,4-5,8-9H2. The Hall–Kier alpha value is -1.06. The topological polar surface area (TPSA) is 21.7 Å². The number of benzene rings is 1. The zero-order valence-electron chi connectivity index (χ0n) is 8.69. The number of likely N-dealkylation sites (tertiary alicyclic amines) is 1. The molecule has 15 heavy (non-hydrogen) atoms. The molecule has 0 spiro atoms. The highest BCUT2D eigenvalue weighted by Gasteiger charge is 2.31. The number of piperidine rings is 1. The second-order valence-electron chi connectivity index (χ2n) is 4.17. The van der Waals surface area contributed by atoms with Gasteiger partial charge >= 0.3 is 0 Å². The van der Waals surface area contributed by atoms with Crippen LogP contribution in [0.4, 0.5) is 0 Å². The fraction of sp³-hybridized carbons (Fsp3) is 0.500. The quantitative estimate of drug-likeness (QED) is 0.657. The molecule has 80 valence electrons. The summed E-state index contributed by atoms with van der Waals surface area (Å²) >= 11 is 0. The van der Waals surface area contributed by atoms with Crippen molar-refractivity contribution in [2.45, 2.75) is 25.5 Å². The van der Waals surface area contributed by atoms with E-state index in [1.807, 2.05) is 18.2 Å². The first-order valence-electron chi connectivity index (χ1n) is 5.61. The predicted molar refractivity (Wildman–Crippen MR) is 56.3 cm³/mol. The maximum Gasteiger partial charge on any atom is 0.187 e. The maximum atomic E-state index is 5.39. The van der Waals surface area contributed by atoms with Crippen molar-refractivity contribution in [3.8, 4) is 5.75 Å². The molecule has 0 N–H and O–H groups in total. The lowest BCUT2D eigenvalue weighted by atomic mass is 10.1. The lowest BCUT2D eigenvalue weighted by Gasteiger charge is -2.29. The number of rotatable bonds is 1. The monoisotopic (exact) mass is 205 g/mol. The van der Waals surface area contributed by atoms with Crippen LogP contribution in [0, 0.1) is 0 Å². The van der Waals surface area contributed by atoms with Gasteiger partial charge in [-0.05, 0) is 18.9 Å². The second-order valence-corrected chi connectivity index (χ2v) is 4.17. The smallest absolute Gasteiger partial charge is 0.187 e. The van der Waals surface area contributed by atoms with Gasteiger partial charge in [0.25, 0.3) is 0 Å². The van der Waals surface area contributed by atoms with Gasteiger partial charge in [-0.1, -0.05) is 24.6 Å². The molecule has 3 rings (SSSR count). The molecule has 1 unspecified atom stereocenters. The summed E-state index contributed by atoms with van der Waals surface area (Å²) in [7, 11) is 0. The molecule has 2 aliphatic rings. The number of fused-ring (bicyclic) bond motifs is 1. The van der Waals surface area contributed by atoms with Gasteiger partial charge < -0.3 is 4.89 Å². The third kappa shape index (κ3) is 1.62. The van der Waals surface area contributed by atoms with E-state index >= 15 is 0 Å². The fourth-order valence-corrected chi connectivity index (χ4v) is 2.32. The van der Waals surface area contributed by atoms with Crippen LogP contribution in [-0.2, 0) is 4.89 Å². The Morgan fingerprint density at radius 2 is 1.87 bits per heavy atom. The first-order chi connectivity index (χ1) is 7.45. The molecular weight excluding hydrogens is 190 g/mol. The SMILES string of the molecule is c1ccc2c(c1)OOC2N1CCCCC1. The molecule has 0 aromatic heterocycles. The van der Waals surface area contributed by atoms with Crippen LogP contribution in [0.5, 0.6) is 5.75 Å².